The highest BCUT2D eigenvalue weighted by Crippen LogP contribution is 2.31. The zero-order valence-corrected chi connectivity index (χ0v) is 19.6. The molecule has 1 fully saturated rings. The van der Waals surface area contributed by atoms with Crippen molar-refractivity contribution in [2.24, 2.45) is 0 Å². The van der Waals surface area contributed by atoms with E-state index in [1.165, 1.54) is 0 Å². The van der Waals surface area contributed by atoms with Crippen LogP contribution in [0.4, 0.5) is 11.4 Å². The van der Waals surface area contributed by atoms with E-state index < -0.39 is 0 Å². The van der Waals surface area contributed by atoms with Gasteiger partial charge in [0.05, 0.1) is 26.1 Å². The number of hydrogen-bond acceptors (Lipinski definition) is 4. The fourth-order valence-electron chi connectivity index (χ4n) is 3.91. The average Bonchev–Trinajstić information content (AvgIpc) is 3.40. The van der Waals surface area contributed by atoms with E-state index in [0.29, 0.717) is 6.42 Å². The highest BCUT2D eigenvalue weighted by atomic mass is 79.9. The van der Waals surface area contributed by atoms with Crippen molar-refractivity contribution in [3.05, 3.63) is 63.9 Å². The molecule has 1 saturated heterocycles. The normalized spacial score (nSPS) is 14.2. The molecule has 1 aliphatic rings. The molecule has 0 spiro atoms. The minimum atomic E-state index is -0.0934. The number of benzene rings is 2. The van der Waals surface area contributed by atoms with Crippen LogP contribution in [0, 0.1) is 0 Å². The lowest BCUT2D eigenvalue weighted by atomic mass is 10.1. The Labute approximate surface area is 197 Å². The van der Waals surface area contributed by atoms with Gasteiger partial charge in [-0.2, -0.15) is 0 Å². The van der Waals surface area contributed by atoms with Crippen molar-refractivity contribution in [1.29, 1.82) is 0 Å². The van der Waals surface area contributed by atoms with Gasteiger partial charge in [-0.3, -0.25) is 9.59 Å². The van der Waals surface area contributed by atoms with Gasteiger partial charge in [0.15, 0.2) is 0 Å². The van der Waals surface area contributed by atoms with E-state index in [1.54, 1.807) is 11.3 Å². The maximum Gasteiger partial charge on any atom is 0.228 e. The fourth-order valence-corrected chi connectivity index (χ4v) is 5.24. The van der Waals surface area contributed by atoms with Crippen LogP contribution < -0.4 is 10.2 Å². The predicted molar refractivity (Wildman–Crippen MR) is 132 cm³/mol. The van der Waals surface area contributed by atoms with Gasteiger partial charge in [-0.05, 0) is 82.9 Å². The van der Waals surface area contributed by atoms with E-state index in [9.17, 15) is 9.59 Å². The Balaban J connectivity index is 1.25. The maximum atomic E-state index is 12.6. The number of carbonyl (C=O) groups is 2. The lowest BCUT2D eigenvalue weighted by molar-refractivity contribution is -0.119. The molecular formula is C24H21BrN4O2S. The summed E-state index contributed by atoms with van der Waals surface area (Å²) in [5.74, 6) is 0.894. The number of rotatable bonds is 5. The Morgan fingerprint density at radius 2 is 1.97 bits per heavy atom. The van der Waals surface area contributed by atoms with Crippen molar-refractivity contribution in [2.45, 2.75) is 25.7 Å². The highest BCUT2D eigenvalue weighted by Gasteiger charge is 2.19. The van der Waals surface area contributed by atoms with Gasteiger partial charge in [0.25, 0.3) is 0 Å². The average molecular weight is 509 g/mol. The van der Waals surface area contributed by atoms with Crippen molar-refractivity contribution in [1.82, 2.24) is 9.97 Å². The summed E-state index contributed by atoms with van der Waals surface area (Å²) in [6, 6.07) is 17.3. The van der Waals surface area contributed by atoms with Crippen LogP contribution in [0.2, 0.25) is 0 Å². The zero-order chi connectivity index (χ0) is 22.1. The van der Waals surface area contributed by atoms with E-state index in [2.05, 4.69) is 31.2 Å². The van der Waals surface area contributed by atoms with Gasteiger partial charge >= 0.3 is 0 Å². The summed E-state index contributed by atoms with van der Waals surface area (Å²) < 4.78 is 1.06. The Kier molecular flexibility index (Phi) is 5.80. The number of aromatic nitrogens is 2. The zero-order valence-electron chi connectivity index (χ0n) is 17.2. The summed E-state index contributed by atoms with van der Waals surface area (Å²) in [5.41, 5.74) is 4.28. The predicted octanol–water partition coefficient (Wildman–Crippen LogP) is 5.75. The summed E-state index contributed by atoms with van der Waals surface area (Å²) >= 11 is 5.10. The second-order valence-electron chi connectivity index (χ2n) is 7.81. The Hall–Kier alpha value is -2.97. The first-order valence-electron chi connectivity index (χ1n) is 10.5. The number of H-pyrrole nitrogens is 1. The molecule has 5 rings (SSSR count). The third-order valence-electron chi connectivity index (χ3n) is 5.50. The lowest BCUT2D eigenvalue weighted by Crippen LogP contribution is -2.35. The molecule has 6 nitrogen and oxygen atoms in total. The SMILES string of the molecule is O=C(Cc1ccc2[nH]c(-c3ccc(Br)s3)nc2c1)Nc1ccc(N2CCCCC2=O)cc1. The van der Waals surface area contributed by atoms with Gasteiger partial charge in [0.1, 0.15) is 5.82 Å². The molecule has 0 unspecified atom stereocenters. The van der Waals surface area contributed by atoms with Crippen LogP contribution >= 0.6 is 27.3 Å². The number of thiophene rings is 1. The summed E-state index contributed by atoms with van der Waals surface area (Å²) in [4.78, 5) is 35.5. The highest BCUT2D eigenvalue weighted by molar-refractivity contribution is 9.11. The van der Waals surface area contributed by atoms with Crippen LogP contribution in [-0.4, -0.2) is 28.3 Å². The number of amides is 2. The van der Waals surface area contributed by atoms with Crippen LogP contribution in [0.15, 0.2) is 58.4 Å². The molecule has 4 aromatic rings. The number of carbonyl (C=O) groups excluding carboxylic acids is 2. The molecule has 0 aliphatic carbocycles. The molecule has 162 valence electrons. The molecular weight excluding hydrogens is 488 g/mol. The number of nitrogens with zero attached hydrogens (tertiary/aromatic N) is 2. The van der Waals surface area contributed by atoms with Crippen molar-refractivity contribution in [2.75, 3.05) is 16.8 Å². The summed E-state index contributed by atoms with van der Waals surface area (Å²) in [6.07, 6.45) is 2.85. The molecule has 2 amide bonds. The molecule has 32 heavy (non-hydrogen) atoms. The van der Waals surface area contributed by atoms with Gasteiger partial charge in [0.2, 0.25) is 11.8 Å². The maximum absolute atomic E-state index is 12.6. The molecule has 1 aliphatic heterocycles. The van der Waals surface area contributed by atoms with Gasteiger partial charge in [-0.1, -0.05) is 6.07 Å². The second-order valence-corrected chi connectivity index (χ2v) is 10.3. The topological polar surface area (TPSA) is 78.1 Å². The number of aromatic amines is 1. The number of imidazole rings is 1. The lowest BCUT2D eigenvalue weighted by Gasteiger charge is -2.26. The molecule has 2 N–H and O–H groups in total. The molecule has 0 saturated carbocycles. The molecule has 8 heteroatoms. The minimum Gasteiger partial charge on any atom is -0.337 e. The third kappa shape index (κ3) is 4.47. The first kappa shape index (κ1) is 20.9. The quantitative estimate of drug-likeness (QED) is 0.360. The fraction of sp³-hybridized carbons (Fsp3) is 0.208. The van der Waals surface area contributed by atoms with E-state index in [-0.39, 0.29) is 18.2 Å². The summed E-state index contributed by atoms with van der Waals surface area (Å²) in [6.45, 7) is 0.756. The van der Waals surface area contributed by atoms with Crippen molar-refractivity contribution < 1.29 is 9.59 Å². The molecule has 3 heterocycles. The molecule has 2 aromatic carbocycles. The Bertz CT molecular complexity index is 1300. The monoisotopic (exact) mass is 508 g/mol. The van der Waals surface area contributed by atoms with Crippen molar-refractivity contribution >= 4 is 61.5 Å². The number of hydrogen-bond donors (Lipinski definition) is 2. The molecule has 2 aromatic heterocycles. The van der Waals surface area contributed by atoms with E-state index in [0.717, 1.165) is 61.8 Å². The number of anilines is 2. The van der Waals surface area contributed by atoms with Crippen LogP contribution in [0.1, 0.15) is 24.8 Å². The van der Waals surface area contributed by atoms with Crippen molar-refractivity contribution in [3.8, 4) is 10.7 Å². The van der Waals surface area contributed by atoms with E-state index >= 15 is 0 Å². The first-order valence-corrected chi connectivity index (χ1v) is 12.1. The largest absolute Gasteiger partial charge is 0.337 e. The second kappa shape index (κ2) is 8.88. The van der Waals surface area contributed by atoms with Gasteiger partial charge < -0.3 is 15.2 Å². The third-order valence-corrected chi connectivity index (χ3v) is 7.14. The van der Waals surface area contributed by atoms with E-state index in [4.69, 9.17) is 0 Å². The smallest absolute Gasteiger partial charge is 0.228 e. The Morgan fingerprint density at radius 1 is 1.12 bits per heavy atom. The van der Waals surface area contributed by atoms with Crippen LogP contribution in [0.5, 0.6) is 0 Å². The van der Waals surface area contributed by atoms with Gasteiger partial charge in [-0.15, -0.1) is 11.3 Å². The first-order chi connectivity index (χ1) is 15.5. The van der Waals surface area contributed by atoms with Gasteiger partial charge in [0, 0.05) is 24.3 Å². The number of halogens is 1. The standard InChI is InChI=1S/C24H21BrN4O2S/c25-21-11-10-20(32-21)24-27-18-9-4-15(13-19(18)28-24)14-22(30)26-16-5-7-17(8-6-16)29-12-2-1-3-23(29)31/h4-11,13H,1-3,12,14H2,(H,26,30)(H,27,28). The van der Waals surface area contributed by atoms with Crippen LogP contribution in [-0.2, 0) is 16.0 Å². The Morgan fingerprint density at radius 3 is 2.72 bits per heavy atom. The number of fused-ring (bicyclic) bond motifs is 1. The van der Waals surface area contributed by atoms with Crippen LogP contribution in [0.25, 0.3) is 21.7 Å². The summed E-state index contributed by atoms with van der Waals surface area (Å²) in [5, 5.41) is 2.94. The summed E-state index contributed by atoms with van der Waals surface area (Å²) in [7, 11) is 0. The molecule has 0 atom stereocenters. The molecule has 0 radical (unpaired) electrons. The van der Waals surface area contributed by atoms with E-state index in [1.807, 2.05) is 59.5 Å². The minimum absolute atomic E-state index is 0.0934. The number of nitrogens with one attached hydrogen (secondary N) is 2. The van der Waals surface area contributed by atoms with Gasteiger partial charge in [-0.25, -0.2) is 4.98 Å². The molecule has 0 bridgehead atoms. The van der Waals surface area contributed by atoms with Crippen LogP contribution in [0.3, 0.4) is 0 Å². The van der Waals surface area contributed by atoms with Crippen molar-refractivity contribution in [3.63, 3.8) is 0 Å². The number of piperidine rings is 1.